The van der Waals surface area contributed by atoms with Gasteiger partial charge in [0, 0.05) is 37.6 Å². The quantitative estimate of drug-likeness (QED) is 0.772. The summed E-state index contributed by atoms with van der Waals surface area (Å²) in [5.41, 5.74) is 0. The Morgan fingerprint density at radius 1 is 0.793 bits per heavy atom. The van der Waals surface area contributed by atoms with Gasteiger partial charge in [-0.2, -0.15) is 5.10 Å². The van der Waals surface area contributed by atoms with E-state index in [4.69, 9.17) is 14.8 Å². The van der Waals surface area contributed by atoms with E-state index in [1.54, 1.807) is 0 Å². The molecule has 3 saturated heterocycles. The van der Waals surface area contributed by atoms with Gasteiger partial charge < -0.3 is 9.64 Å². The number of aromatic nitrogens is 3. The summed E-state index contributed by atoms with van der Waals surface area (Å²) in [6, 6.07) is 1.25. The smallest absolute Gasteiger partial charge is 0.154 e. The average molecular weight is 402 g/mol. The van der Waals surface area contributed by atoms with Crippen LogP contribution in [0.2, 0.25) is 0 Å². The lowest BCUT2D eigenvalue weighted by molar-refractivity contribution is 0.0230. The average Bonchev–Trinajstić information content (AvgIpc) is 3.45. The Morgan fingerprint density at radius 2 is 1.52 bits per heavy atom. The maximum Gasteiger partial charge on any atom is 0.154 e. The summed E-state index contributed by atoms with van der Waals surface area (Å²) >= 11 is 0. The van der Waals surface area contributed by atoms with Crippen molar-refractivity contribution in [2.24, 2.45) is 0 Å². The molecule has 1 aliphatic carbocycles. The number of likely N-dealkylation sites (tertiary alicyclic amines) is 2. The van der Waals surface area contributed by atoms with Gasteiger partial charge in [0.05, 0.1) is 6.04 Å². The first kappa shape index (κ1) is 20.0. The Balaban J connectivity index is 1.38. The zero-order valence-corrected chi connectivity index (χ0v) is 18.3. The number of hydrogen-bond acceptors (Lipinski definition) is 5. The summed E-state index contributed by atoms with van der Waals surface area (Å²) in [7, 11) is 2.25. The standard InChI is InChI=1S/C23H39N5O/c1-26-13-8-21(9-14-26)28-23(24-22(25-28)18-5-2-3-6-18)19-7-4-12-27(17-19)20-10-15-29-16-11-20/h18-21H,2-17H2,1H3. The number of piperidine rings is 2. The van der Waals surface area contributed by atoms with E-state index in [-0.39, 0.29) is 0 Å². The van der Waals surface area contributed by atoms with E-state index in [0.29, 0.717) is 23.9 Å². The van der Waals surface area contributed by atoms with E-state index in [0.717, 1.165) is 13.2 Å². The summed E-state index contributed by atoms with van der Waals surface area (Å²) in [6.07, 6.45) is 12.7. The summed E-state index contributed by atoms with van der Waals surface area (Å²) in [5.74, 6) is 3.64. The van der Waals surface area contributed by atoms with Gasteiger partial charge in [0.15, 0.2) is 5.82 Å². The highest BCUT2D eigenvalue weighted by atomic mass is 16.5. The molecular weight excluding hydrogens is 362 g/mol. The molecule has 1 saturated carbocycles. The van der Waals surface area contributed by atoms with Crippen LogP contribution < -0.4 is 0 Å². The third-order valence-corrected chi connectivity index (χ3v) is 7.95. The molecule has 0 spiro atoms. The monoisotopic (exact) mass is 401 g/mol. The van der Waals surface area contributed by atoms with Gasteiger partial charge >= 0.3 is 0 Å². The van der Waals surface area contributed by atoms with Crippen LogP contribution in [-0.2, 0) is 4.74 Å². The van der Waals surface area contributed by atoms with Gasteiger partial charge in [-0.3, -0.25) is 4.90 Å². The van der Waals surface area contributed by atoms with E-state index in [1.807, 2.05) is 0 Å². The number of hydrogen-bond donors (Lipinski definition) is 0. The van der Waals surface area contributed by atoms with Crippen molar-refractivity contribution in [3.63, 3.8) is 0 Å². The first-order valence-corrected chi connectivity index (χ1v) is 12.2. The molecule has 0 radical (unpaired) electrons. The van der Waals surface area contributed by atoms with Gasteiger partial charge in [0.25, 0.3) is 0 Å². The molecular formula is C23H39N5O. The predicted octanol–water partition coefficient (Wildman–Crippen LogP) is 3.56. The minimum absolute atomic E-state index is 0.544. The molecule has 1 unspecified atom stereocenters. The molecule has 162 valence electrons. The molecule has 3 aliphatic heterocycles. The first-order chi connectivity index (χ1) is 14.3. The second kappa shape index (κ2) is 9.03. The van der Waals surface area contributed by atoms with Gasteiger partial charge in [-0.15, -0.1) is 0 Å². The second-order valence-corrected chi connectivity index (χ2v) is 9.97. The van der Waals surface area contributed by atoms with Crippen molar-refractivity contribution in [3.05, 3.63) is 11.6 Å². The van der Waals surface area contributed by atoms with Crippen LogP contribution in [0.4, 0.5) is 0 Å². The lowest BCUT2D eigenvalue weighted by Gasteiger charge is -2.40. The molecule has 0 N–H and O–H groups in total. The van der Waals surface area contributed by atoms with Crippen molar-refractivity contribution in [2.45, 2.75) is 88.1 Å². The molecule has 4 heterocycles. The van der Waals surface area contributed by atoms with E-state index in [1.165, 1.54) is 102 Å². The topological polar surface area (TPSA) is 46.4 Å². The Morgan fingerprint density at radius 3 is 2.28 bits per heavy atom. The summed E-state index contributed by atoms with van der Waals surface area (Å²) in [5, 5.41) is 5.20. The van der Waals surface area contributed by atoms with Gasteiger partial charge in [-0.05, 0) is 78.0 Å². The minimum atomic E-state index is 0.544. The SMILES string of the molecule is CN1CCC(n2nc(C3CCCC3)nc2C2CCCN(C3CCOCC3)C2)CC1. The predicted molar refractivity (Wildman–Crippen MR) is 114 cm³/mol. The fourth-order valence-corrected chi connectivity index (χ4v) is 6.10. The van der Waals surface area contributed by atoms with Crippen LogP contribution >= 0.6 is 0 Å². The lowest BCUT2D eigenvalue weighted by atomic mass is 9.93. The normalized spacial score (nSPS) is 29.6. The van der Waals surface area contributed by atoms with Crippen LogP contribution in [-0.4, -0.2) is 77.0 Å². The number of rotatable bonds is 4. The third-order valence-electron chi connectivity index (χ3n) is 7.95. The van der Waals surface area contributed by atoms with Crippen molar-refractivity contribution in [1.29, 1.82) is 0 Å². The molecule has 4 aliphatic rings. The maximum atomic E-state index is 5.61. The van der Waals surface area contributed by atoms with Gasteiger partial charge in [0.1, 0.15) is 5.82 Å². The van der Waals surface area contributed by atoms with Crippen LogP contribution in [0.25, 0.3) is 0 Å². The number of nitrogens with zero attached hydrogens (tertiary/aromatic N) is 5. The fourth-order valence-electron chi connectivity index (χ4n) is 6.10. The lowest BCUT2D eigenvalue weighted by Crippen LogP contribution is -2.45. The molecule has 4 fully saturated rings. The van der Waals surface area contributed by atoms with Crippen LogP contribution in [0.15, 0.2) is 0 Å². The van der Waals surface area contributed by atoms with Crippen LogP contribution in [0.5, 0.6) is 0 Å². The highest BCUT2D eigenvalue weighted by Crippen LogP contribution is 2.36. The van der Waals surface area contributed by atoms with Gasteiger partial charge in [-0.25, -0.2) is 9.67 Å². The largest absolute Gasteiger partial charge is 0.381 e. The zero-order valence-electron chi connectivity index (χ0n) is 18.3. The Hall–Kier alpha value is -0.980. The molecule has 6 nitrogen and oxygen atoms in total. The van der Waals surface area contributed by atoms with Crippen molar-refractivity contribution < 1.29 is 4.74 Å². The molecule has 6 heteroatoms. The van der Waals surface area contributed by atoms with E-state index < -0.39 is 0 Å². The Kier molecular flexibility index (Phi) is 6.21. The third kappa shape index (κ3) is 4.40. The van der Waals surface area contributed by atoms with Crippen molar-refractivity contribution >= 4 is 0 Å². The van der Waals surface area contributed by atoms with E-state index >= 15 is 0 Å². The first-order valence-electron chi connectivity index (χ1n) is 12.2. The van der Waals surface area contributed by atoms with Gasteiger partial charge in [0.2, 0.25) is 0 Å². The van der Waals surface area contributed by atoms with E-state index in [2.05, 4.69) is 21.5 Å². The molecule has 29 heavy (non-hydrogen) atoms. The molecule has 5 rings (SSSR count). The minimum Gasteiger partial charge on any atom is -0.381 e. The van der Waals surface area contributed by atoms with Crippen LogP contribution in [0, 0.1) is 0 Å². The molecule has 0 bridgehead atoms. The summed E-state index contributed by atoms with van der Waals surface area (Å²) < 4.78 is 8.03. The van der Waals surface area contributed by atoms with Crippen LogP contribution in [0.3, 0.4) is 0 Å². The van der Waals surface area contributed by atoms with Crippen molar-refractivity contribution in [3.8, 4) is 0 Å². The van der Waals surface area contributed by atoms with Crippen LogP contribution in [0.1, 0.15) is 93.7 Å². The van der Waals surface area contributed by atoms with Crippen molar-refractivity contribution in [1.82, 2.24) is 24.6 Å². The molecule has 0 amide bonds. The molecule has 1 aromatic rings. The summed E-state index contributed by atoms with van der Waals surface area (Å²) in [4.78, 5) is 10.5. The second-order valence-electron chi connectivity index (χ2n) is 9.97. The maximum absolute atomic E-state index is 5.61. The molecule has 1 atom stereocenters. The zero-order chi connectivity index (χ0) is 19.6. The van der Waals surface area contributed by atoms with E-state index in [9.17, 15) is 0 Å². The molecule has 0 aromatic carbocycles. The Bertz CT molecular complexity index is 656. The fraction of sp³-hybridized carbons (Fsp3) is 0.913. The van der Waals surface area contributed by atoms with Crippen molar-refractivity contribution in [2.75, 3.05) is 46.4 Å². The molecule has 1 aromatic heterocycles. The number of ether oxygens (including phenoxy) is 1. The van der Waals surface area contributed by atoms with Gasteiger partial charge in [-0.1, -0.05) is 12.8 Å². The highest BCUT2D eigenvalue weighted by molar-refractivity contribution is 5.09. The highest BCUT2D eigenvalue weighted by Gasteiger charge is 2.34. The Labute approximate surface area is 176 Å². The summed E-state index contributed by atoms with van der Waals surface area (Å²) in [6.45, 7) is 6.65.